The SMILES string of the molecule is COc1ccc(C(=O)Nc2ccn(C)n2)c(O)c1. The van der Waals surface area contributed by atoms with Crippen molar-refractivity contribution in [2.45, 2.75) is 0 Å². The van der Waals surface area contributed by atoms with Crippen LogP contribution in [0, 0.1) is 0 Å². The molecule has 0 aliphatic rings. The first-order chi connectivity index (χ1) is 8.60. The molecule has 0 spiro atoms. The van der Waals surface area contributed by atoms with Crippen LogP contribution in [-0.4, -0.2) is 27.9 Å². The molecule has 0 aliphatic carbocycles. The van der Waals surface area contributed by atoms with E-state index in [4.69, 9.17) is 4.74 Å². The van der Waals surface area contributed by atoms with E-state index >= 15 is 0 Å². The highest BCUT2D eigenvalue weighted by molar-refractivity contribution is 6.05. The summed E-state index contributed by atoms with van der Waals surface area (Å²) in [5.74, 6) is 0.358. The van der Waals surface area contributed by atoms with E-state index < -0.39 is 5.91 Å². The van der Waals surface area contributed by atoms with E-state index in [-0.39, 0.29) is 11.3 Å². The fourth-order valence-corrected chi connectivity index (χ4v) is 1.50. The van der Waals surface area contributed by atoms with Crippen molar-refractivity contribution in [3.63, 3.8) is 0 Å². The number of benzene rings is 1. The maximum atomic E-state index is 11.9. The lowest BCUT2D eigenvalue weighted by atomic mass is 10.2. The Labute approximate surface area is 104 Å². The lowest BCUT2D eigenvalue weighted by molar-refractivity contribution is 0.102. The molecule has 1 aromatic heterocycles. The van der Waals surface area contributed by atoms with Crippen LogP contribution < -0.4 is 10.1 Å². The number of carbonyl (C=O) groups excluding carboxylic acids is 1. The number of nitrogens with one attached hydrogen (secondary N) is 1. The fraction of sp³-hybridized carbons (Fsp3) is 0.167. The highest BCUT2D eigenvalue weighted by atomic mass is 16.5. The van der Waals surface area contributed by atoms with Crippen molar-refractivity contribution in [1.82, 2.24) is 9.78 Å². The fourth-order valence-electron chi connectivity index (χ4n) is 1.50. The third-order valence-corrected chi connectivity index (χ3v) is 2.40. The van der Waals surface area contributed by atoms with E-state index in [1.807, 2.05) is 0 Å². The van der Waals surface area contributed by atoms with E-state index in [9.17, 15) is 9.90 Å². The zero-order chi connectivity index (χ0) is 13.1. The normalized spacial score (nSPS) is 10.1. The van der Waals surface area contributed by atoms with Gasteiger partial charge < -0.3 is 15.2 Å². The third kappa shape index (κ3) is 2.42. The van der Waals surface area contributed by atoms with Crippen LogP contribution in [0.3, 0.4) is 0 Å². The van der Waals surface area contributed by atoms with Gasteiger partial charge in [-0.1, -0.05) is 0 Å². The Balaban J connectivity index is 2.18. The Hall–Kier alpha value is -2.50. The molecule has 94 valence electrons. The molecule has 1 amide bonds. The largest absolute Gasteiger partial charge is 0.507 e. The van der Waals surface area contributed by atoms with Gasteiger partial charge >= 0.3 is 0 Å². The van der Waals surface area contributed by atoms with Crippen LogP contribution in [0.1, 0.15) is 10.4 Å². The van der Waals surface area contributed by atoms with E-state index in [1.54, 1.807) is 30.1 Å². The minimum atomic E-state index is -0.422. The van der Waals surface area contributed by atoms with Crippen molar-refractivity contribution in [2.75, 3.05) is 12.4 Å². The van der Waals surface area contributed by atoms with Gasteiger partial charge in [-0.25, -0.2) is 0 Å². The number of aromatic hydroxyl groups is 1. The number of nitrogens with zero attached hydrogens (tertiary/aromatic N) is 2. The van der Waals surface area contributed by atoms with Crippen molar-refractivity contribution in [1.29, 1.82) is 0 Å². The number of phenols is 1. The molecule has 0 saturated carbocycles. The molecule has 1 heterocycles. The lowest BCUT2D eigenvalue weighted by Crippen LogP contribution is -2.12. The number of hydrogen-bond acceptors (Lipinski definition) is 4. The summed E-state index contributed by atoms with van der Waals surface area (Å²) in [5, 5.41) is 16.3. The van der Waals surface area contributed by atoms with Crippen LogP contribution in [0.5, 0.6) is 11.5 Å². The number of phenolic OH excluding ortho intramolecular Hbond substituents is 1. The highest BCUT2D eigenvalue weighted by Crippen LogP contribution is 2.23. The molecule has 6 heteroatoms. The smallest absolute Gasteiger partial charge is 0.260 e. The molecule has 18 heavy (non-hydrogen) atoms. The first-order valence-electron chi connectivity index (χ1n) is 5.28. The molecule has 2 N–H and O–H groups in total. The number of rotatable bonds is 3. The van der Waals surface area contributed by atoms with E-state index in [1.165, 1.54) is 19.2 Å². The standard InChI is InChI=1S/C12H13N3O3/c1-15-6-5-11(14-15)13-12(17)9-4-3-8(18-2)7-10(9)16/h3-7,16H,1-2H3,(H,13,14,17). The van der Waals surface area contributed by atoms with Gasteiger partial charge in [-0.3, -0.25) is 9.48 Å². The minimum Gasteiger partial charge on any atom is -0.507 e. The summed E-state index contributed by atoms with van der Waals surface area (Å²) in [4.78, 5) is 11.9. The summed E-state index contributed by atoms with van der Waals surface area (Å²) in [6.07, 6.45) is 1.71. The van der Waals surface area contributed by atoms with Gasteiger partial charge in [0.05, 0.1) is 12.7 Å². The predicted molar refractivity (Wildman–Crippen MR) is 65.8 cm³/mol. The Kier molecular flexibility index (Phi) is 3.18. The number of methoxy groups -OCH3 is 1. The maximum Gasteiger partial charge on any atom is 0.260 e. The zero-order valence-corrected chi connectivity index (χ0v) is 10.0. The monoisotopic (exact) mass is 247 g/mol. The van der Waals surface area contributed by atoms with E-state index in [0.29, 0.717) is 11.6 Å². The molecule has 0 atom stereocenters. The molecule has 0 aliphatic heterocycles. The number of ether oxygens (including phenoxy) is 1. The summed E-state index contributed by atoms with van der Waals surface area (Å²) in [5.41, 5.74) is 0.168. The quantitative estimate of drug-likeness (QED) is 0.859. The molecule has 0 fully saturated rings. The second-order valence-electron chi connectivity index (χ2n) is 3.71. The lowest BCUT2D eigenvalue weighted by Gasteiger charge is -2.06. The van der Waals surface area contributed by atoms with E-state index in [0.717, 1.165) is 0 Å². The van der Waals surface area contributed by atoms with Gasteiger partial charge in [-0.2, -0.15) is 5.10 Å². The second kappa shape index (κ2) is 4.79. The molecule has 1 aromatic carbocycles. The van der Waals surface area contributed by atoms with Gasteiger partial charge in [-0.05, 0) is 12.1 Å². The van der Waals surface area contributed by atoms with Crippen LogP contribution in [0.2, 0.25) is 0 Å². The molecule has 2 rings (SSSR count). The Bertz CT molecular complexity index is 578. The predicted octanol–water partition coefficient (Wildman–Crippen LogP) is 1.39. The van der Waals surface area contributed by atoms with Gasteiger partial charge in [0.25, 0.3) is 5.91 Å². The average molecular weight is 247 g/mol. The van der Waals surface area contributed by atoms with Gasteiger partial charge in [0.1, 0.15) is 11.5 Å². The first kappa shape index (κ1) is 12.0. The molecule has 0 bridgehead atoms. The summed E-state index contributed by atoms with van der Waals surface area (Å²) >= 11 is 0. The van der Waals surface area contributed by atoms with Gasteiger partial charge in [-0.15, -0.1) is 0 Å². The van der Waals surface area contributed by atoms with Crippen LogP contribution >= 0.6 is 0 Å². The zero-order valence-electron chi connectivity index (χ0n) is 10.0. The number of hydrogen-bond donors (Lipinski definition) is 2. The summed E-state index contributed by atoms with van der Waals surface area (Å²) in [6.45, 7) is 0. The van der Waals surface area contributed by atoms with Gasteiger partial charge in [0.2, 0.25) is 0 Å². The third-order valence-electron chi connectivity index (χ3n) is 2.40. The molecule has 6 nitrogen and oxygen atoms in total. The highest BCUT2D eigenvalue weighted by Gasteiger charge is 2.13. The van der Waals surface area contributed by atoms with Crippen molar-refractivity contribution in [3.05, 3.63) is 36.0 Å². The maximum absolute atomic E-state index is 11.9. The summed E-state index contributed by atoms with van der Waals surface area (Å²) < 4.78 is 6.52. The molecule has 2 aromatic rings. The number of aromatic nitrogens is 2. The van der Waals surface area contributed by atoms with Crippen molar-refractivity contribution in [2.24, 2.45) is 7.05 Å². The average Bonchev–Trinajstić information content (AvgIpc) is 2.74. The topological polar surface area (TPSA) is 76.4 Å². The Morgan fingerprint density at radius 3 is 2.78 bits per heavy atom. The number of carbonyl (C=O) groups is 1. The minimum absolute atomic E-state index is 0.136. The summed E-state index contributed by atoms with van der Waals surface area (Å²) in [6, 6.07) is 6.14. The number of aryl methyl sites for hydroxylation is 1. The molecule has 0 saturated heterocycles. The molecule has 0 radical (unpaired) electrons. The molecular weight excluding hydrogens is 234 g/mol. The number of amides is 1. The van der Waals surface area contributed by atoms with Crippen LogP contribution in [0.25, 0.3) is 0 Å². The van der Waals surface area contributed by atoms with Crippen LogP contribution in [0.15, 0.2) is 30.5 Å². The van der Waals surface area contributed by atoms with Crippen LogP contribution in [-0.2, 0) is 7.05 Å². The molecule has 0 unspecified atom stereocenters. The van der Waals surface area contributed by atoms with Crippen molar-refractivity contribution in [3.8, 4) is 11.5 Å². The van der Waals surface area contributed by atoms with Crippen LogP contribution in [0.4, 0.5) is 5.82 Å². The molecular formula is C12H13N3O3. The second-order valence-corrected chi connectivity index (χ2v) is 3.71. The van der Waals surface area contributed by atoms with Gasteiger partial charge in [0.15, 0.2) is 5.82 Å². The first-order valence-corrected chi connectivity index (χ1v) is 5.28. The van der Waals surface area contributed by atoms with Gasteiger partial charge in [0, 0.05) is 25.4 Å². The Morgan fingerprint density at radius 1 is 1.44 bits per heavy atom. The number of anilines is 1. The Morgan fingerprint density at radius 2 is 2.22 bits per heavy atom. The van der Waals surface area contributed by atoms with Crippen molar-refractivity contribution < 1.29 is 14.6 Å². The summed E-state index contributed by atoms with van der Waals surface area (Å²) in [7, 11) is 3.24. The van der Waals surface area contributed by atoms with E-state index in [2.05, 4.69) is 10.4 Å². The van der Waals surface area contributed by atoms with Crippen molar-refractivity contribution >= 4 is 11.7 Å².